The number of nitrogens with zero attached hydrogens (tertiary/aromatic N) is 2. The predicted octanol–water partition coefficient (Wildman–Crippen LogP) is 4.88. The molecule has 2 atom stereocenters. The fourth-order valence-electron chi connectivity index (χ4n) is 3.90. The number of benzene rings is 2. The monoisotopic (exact) mass is 516 g/mol. The van der Waals surface area contributed by atoms with Crippen LogP contribution in [0.5, 0.6) is 5.75 Å². The third-order valence-corrected chi connectivity index (χ3v) is 6.61. The molecule has 2 aromatic carbocycles. The Hall–Kier alpha value is -3.36. The molecule has 4 rings (SSSR count). The molecule has 1 aromatic heterocycles. The van der Waals surface area contributed by atoms with Gasteiger partial charge in [-0.3, -0.25) is 9.59 Å². The van der Waals surface area contributed by atoms with Gasteiger partial charge in [0.2, 0.25) is 5.91 Å². The van der Waals surface area contributed by atoms with Gasteiger partial charge in [0.05, 0.1) is 5.02 Å². The maximum atomic E-state index is 13.9. The molecule has 10 heteroatoms. The number of aromatic nitrogens is 1. The summed E-state index contributed by atoms with van der Waals surface area (Å²) in [7, 11) is 0. The van der Waals surface area contributed by atoms with E-state index in [9.17, 15) is 14.0 Å². The van der Waals surface area contributed by atoms with E-state index < -0.39 is 18.0 Å². The molecule has 182 valence electrons. The van der Waals surface area contributed by atoms with Gasteiger partial charge in [0.1, 0.15) is 18.0 Å². The smallest absolute Gasteiger partial charge is 0.254 e. The van der Waals surface area contributed by atoms with Crippen molar-refractivity contribution in [2.45, 2.75) is 26.0 Å². The summed E-state index contributed by atoms with van der Waals surface area (Å²) in [6.07, 6.45) is 0.886. The minimum absolute atomic E-state index is 0.117. The summed E-state index contributed by atoms with van der Waals surface area (Å²) in [5.74, 6) is -0.559. The Morgan fingerprint density at radius 3 is 2.66 bits per heavy atom. The lowest BCUT2D eigenvalue weighted by atomic mass is 10.0. The van der Waals surface area contributed by atoms with Crippen molar-refractivity contribution in [3.63, 3.8) is 0 Å². The molecule has 0 aliphatic carbocycles. The summed E-state index contributed by atoms with van der Waals surface area (Å²) in [5.41, 5.74) is 8.26. The molecule has 1 aliphatic rings. The minimum Gasteiger partial charge on any atom is -0.482 e. The number of halogens is 3. The van der Waals surface area contributed by atoms with Gasteiger partial charge in [0, 0.05) is 41.0 Å². The van der Waals surface area contributed by atoms with Crippen molar-refractivity contribution in [2.75, 3.05) is 18.8 Å². The number of pyridine rings is 1. The van der Waals surface area contributed by atoms with Crippen LogP contribution in [0.2, 0.25) is 10.0 Å². The van der Waals surface area contributed by atoms with Crippen LogP contribution in [0.15, 0.2) is 48.7 Å². The number of ether oxygens (including phenoxy) is 1. The highest BCUT2D eigenvalue weighted by atomic mass is 35.5. The summed E-state index contributed by atoms with van der Waals surface area (Å²) in [4.78, 5) is 30.5. The first kappa shape index (κ1) is 24.8. The van der Waals surface area contributed by atoms with E-state index in [2.05, 4.69) is 10.3 Å². The number of amides is 2. The van der Waals surface area contributed by atoms with Crippen molar-refractivity contribution < 1.29 is 18.7 Å². The van der Waals surface area contributed by atoms with E-state index in [-0.39, 0.29) is 33.4 Å². The second kappa shape index (κ2) is 10.1. The van der Waals surface area contributed by atoms with Crippen LogP contribution in [0.3, 0.4) is 0 Å². The standard InChI is InChI=1S/C25H23Cl2FN4O3/c1-13-24(33)30-9-10-32(13)25(34)16-5-3-15(4-6-16)17-11-20(23(29)31-12-17)35-14(2)21-18(26)7-8-19(28)22(21)27/h3-8,11-14H,9-10H2,1-2H3,(H2,29,31)(H,30,33)/t13-,14-/m0/s1. The highest BCUT2D eigenvalue weighted by Crippen LogP contribution is 2.37. The van der Waals surface area contributed by atoms with E-state index in [4.69, 9.17) is 33.7 Å². The second-order valence-electron chi connectivity index (χ2n) is 8.17. The van der Waals surface area contributed by atoms with Crippen LogP contribution >= 0.6 is 23.2 Å². The second-order valence-corrected chi connectivity index (χ2v) is 8.95. The third kappa shape index (κ3) is 5.04. The van der Waals surface area contributed by atoms with Crippen LogP contribution in [0.4, 0.5) is 10.2 Å². The Morgan fingerprint density at radius 2 is 1.94 bits per heavy atom. The highest BCUT2D eigenvalue weighted by Gasteiger charge is 2.29. The molecule has 35 heavy (non-hydrogen) atoms. The summed E-state index contributed by atoms with van der Waals surface area (Å²) < 4.78 is 19.9. The molecule has 7 nitrogen and oxygen atoms in total. The van der Waals surface area contributed by atoms with E-state index in [1.54, 1.807) is 55.3 Å². The fraction of sp³-hybridized carbons (Fsp3) is 0.240. The van der Waals surface area contributed by atoms with E-state index in [0.29, 0.717) is 29.8 Å². The van der Waals surface area contributed by atoms with Gasteiger partial charge in [0.25, 0.3) is 5.91 Å². The molecule has 3 N–H and O–H groups in total. The van der Waals surface area contributed by atoms with Crippen LogP contribution in [0.25, 0.3) is 11.1 Å². The summed E-state index contributed by atoms with van der Waals surface area (Å²) in [6, 6.07) is 10.7. The Kier molecular flexibility index (Phi) is 7.14. The Balaban J connectivity index is 1.55. The van der Waals surface area contributed by atoms with Gasteiger partial charge in [-0.25, -0.2) is 9.37 Å². The molecule has 0 bridgehead atoms. The zero-order valence-corrected chi connectivity index (χ0v) is 20.5. The van der Waals surface area contributed by atoms with Crippen molar-refractivity contribution in [2.24, 2.45) is 0 Å². The Morgan fingerprint density at radius 1 is 1.23 bits per heavy atom. The van der Waals surface area contributed by atoms with E-state index in [1.165, 1.54) is 12.1 Å². The number of nitrogens with one attached hydrogen (secondary N) is 1. The predicted molar refractivity (Wildman–Crippen MR) is 133 cm³/mol. The molecule has 3 aromatic rings. The van der Waals surface area contributed by atoms with Gasteiger partial charge in [-0.05, 0) is 49.7 Å². The van der Waals surface area contributed by atoms with Gasteiger partial charge in [-0.1, -0.05) is 35.3 Å². The SMILES string of the molecule is C[C@H](Oc1cc(-c2ccc(C(=O)N3CCNC(=O)[C@@H]3C)cc2)cnc1N)c1c(Cl)ccc(F)c1Cl. The topological polar surface area (TPSA) is 97.5 Å². The maximum Gasteiger partial charge on any atom is 0.254 e. The number of carbonyl (C=O) groups is 2. The van der Waals surface area contributed by atoms with Crippen molar-refractivity contribution in [1.29, 1.82) is 0 Å². The van der Waals surface area contributed by atoms with Crippen LogP contribution in [0.1, 0.15) is 35.9 Å². The van der Waals surface area contributed by atoms with Gasteiger partial charge in [-0.15, -0.1) is 0 Å². The molecular formula is C25H23Cl2FN4O3. The lowest BCUT2D eigenvalue weighted by Gasteiger charge is -2.32. The van der Waals surface area contributed by atoms with E-state index in [0.717, 1.165) is 5.56 Å². The number of hydrogen-bond donors (Lipinski definition) is 2. The van der Waals surface area contributed by atoms with Gasteiger partial charge in [-0.2, -0.15) is 0 Å². The van der Waals surface area contributed by atoms with Crippen LogP contribution < -0.4 is 15.8 Å². The zero-order chi connectivity index (χ0) is 25.3. The molecule has 2 amide bonds. The van der Waals surface area contributed by atoms with E-state index >= 15 is 0 Å². The minimum atomic E-state index is -0.700. The summed E-state index contributed by atoms with van der Waals surface area (Å²) in [6.45, 7) is 4.26. The van der Waals surface area contributed by atoms with Crippen LogP contribution in [-0.4, -0.2) is 40.8 Å². The zero-order valence-electron chi connectivity index (χ0n) is 19.0. The number of piperazine rings is 1. The number of rotatable bonds is 5. The largest absolute Gasteiger partial charge is 0.482 e. The molecule has 1 aliphatic heterocycles. The van der Waals surface area contributed by atoms with E-state index in [1.807, 2.05) is 0 Å². The first-order chi connectivity index (χ1) is 16.7. The van der Waals surface area contributed by atoms with Crippen molar-refractivity contribution in [3.05, 3.63) is 75.7 Å². The number of carbonyl (C=O) groups excluding carboxylic acids is 2. The third-order valence-electron chi connectivity index (χ3n) is 5.90. The molecular weight excluding hydrogens is 494 g/mol. The van der Waals surface area contributed by atoms with Gasteiger partial charge >= 0.3 is 0 Å². The maximum absolute atomic E-state index is 13.9. The molecule has 2 heterocycles. The fourth-order valence-corrected chi connectivity index (χ4v) is 4.58. The Labute approximate surface area is 212 Å². The number of nitrogens with two attached hydrogens (primary N) is 1. The summed E-state index contributed by atoms with van der Waals surface area (Å²) in [5, 5.41) is 2.90. The summed E-state index contributed by atoms with van der Waals surface area (Å²) >= 11 is 12.3. The first-order valence-electron chi connectivity index (χ1n) is 10.9. The molecule has 0 spiro atoms. The molecule has 1 saturated heterocycles. The van der Waals surface area contributed by atoms with Crippen LogP contribution in [-0.2, 0) is 4.79 Å². The quantitative estimate of drug-likeness (QED) is 0.471. The number of nitrogen functional groups attached to an aromatic ring is 1. The average Bonchev–Trinajstić information content (AvgIpc) is 2.84. The van der Waals surface area contributed by atoms with Gasteiger partial charge in [0.15, 0.2) is 11.6 Å². The highest BCUT2D eigenvalue weighted by molar-refractivity contribution is 6.36. The normalized spacial score (nSPS) is 16.5. The number of hydrogen-bond acceptors (Lipinski definition) is 5. The average molecular weight is 517 g/mol. The molecule has 0 unspecified atom stereocenters. The van der Waals surface area contributed by atoms with Crippen LogP contribution in [0, 0.1) is 5.82 Å². The molecule has 0 radical (unpaired) electrons. The molecule has 1 fully saturated rings. The lowest BCUT2D eigenvalue weighted by Crippen LogP contribution is -2.55. The van der Waals surface area contributed by atoms with Crippen molar-refractivity contribution in [3.8, 4) is 16.9 Å². The lowest BCUT2D eigenvalue weighted by molar-refractivity contribution is -0.127. The van der Waals surface area contributed by atoms with Crippen molar-refractivity contribution >= 4 is 40.8 Å². The first-order valence-corrected chi connectivity index (χ1v) is 11.7. The Bertz CT molecular complexity index is 1290. The van der Waals surface area contributed by atoms with Gasteiger partial charge < -0.3 is 20.7 Å². The number of anilines is 1. The van der Waals surface area contributed by atoms with Crippen molar-refractivity contribution in [1.82, 2.24) is 15.2 Å². The molecule has 0 saturated carbocycles.